The fourth-order valence-corrected chi connectivity index (χ4v) is 2.65. The number of likely N-dealkylation sites (tertiary alicyclic amines) is 1. The van der Waals surface area contributed by atoms with Crippen LogP contribution in [-0.2, 0) is 14.4 Å². The number of carboxylic acids is 1. The number of alkyl halides is 3. The van der Waals surface area contributed by atoms with Gasteiger partial charge in [-0.05, 0) is 38.0 Å². The molecule has 0 spiro atoms. The van der Waals surface area contributed by atoms with Gasteiger partial charge in [0.25, 0.3) is 0 Å². The molecule has 29 heavy (non-hydrogen) atoms. The molecule has 0 radical (unpaired) electrons. The van der Waals surface area contributed by atoms with Gasteiger partial charge in [0.1, 0.15) is 0 Å². The second-order valence-electron chi connectivity index (χ2n) is 6.24. The summed E-state index contributed by atoms with van der Waals surface area (Å²) in [7, 11) is 0. The van der Waals surface area contributed by atoms with Gasteiger partial charge in [-0.3, -0.25) is 14.6 Å². The van der Waals surface area contributed by atoms with Gasteiger partial charge in [-0.1, -0.05) is 18.2 Å². The molecule has 1 aromatic rings. The molecule has 0 saturated carbocycles. The van der Waals surface area contributed by atoms with E-state index in [1.165, 1.54) is 6.08 Å². The standard InChI is InChI=1S/C16H20ClN3O2.C2HF3O2/c1-3-15(21)20-8-6-12(7-9-20)16(22)19-11(2)14-5-4-13(17)10-18-14;3-2(4,5)1(6)7/h3-5,10-12H,1,6-9H2,2H3,(H,19,22);(H,6,7)/t11-;/m1./s1. The molecule has 160 valence electrons. The third-order valence-electron chi connectivity index (χ3n) is 4.15. The van der Waals surface area contributed by atoms with Crippen molar-refractivity contribution in [1.29, 1.82) is 0 Å². The second-order valence-corrected chi connectivity index (χ2v) is 6.67. The van der Waals surface area contributed by atoms with Crippen molar-refractivity contribution in [3.8, 4) is 0 Å². The average Bonchev–Trinajstić information content (AvgIpc) is 2.67. The van der Waals surface area contributed by atoms with E-state index in [4.69, 9.17) is 21.5 Å². The third-order valence-corrected chi connectivity index (χ3v) is 4.37. The fourth-order valence-electron chi connectivity index (χ4n) is 2.54. The van der Waals surface area contributed by atoms with E-state index in [1.807, 2.05) is 6.92 Å². The molecule has 2 amide bonds. The highest BCUT2D eigenvalue weighted by molar-refractivity contribution is 6.30. The zero-order valence-corrected chi connectivity index (χ0v) is 16.3. The number of aromatic nitrogens is 1. The maximum absolute atomic E-state index is 12.3. The van der Waals surface area contributed by atoms with Crippen LogP contribution in [0.4, 0.5) is 13.2 Å². The van der Waals surface area contributed by atoms with E-state index in [1.54, 1.807) is 23.2 Å². The zero-order valence-electron chi connectivity index (χ0n) is 15.6. The number of hydrogen-bond acceptors (Lipinski definition) is 4. The smallest absolute Gasteiger partial charge is 0.475 e. The van der Waals surface area contributed by atoms with Crippen LogP contribution in [0.3, 0.4) is 0 Å². The van der Waals surface area contributed by atoms with Gasteiger partial charge in [0.2, 0.25) is 11.8 Å². The Morgan fingerprint density at radius 3 is 2.31 bits per heavy atom. The van der Waals surface area contributed by atoms with Gasteiger partial charge in [-0.2, -0.15) is 13.2 Å². The molecule has 1 aromatic heterocycles. The predicted octanol–water partition coefficient (Wildman–Crippen LogP) is 2.97. The summed E-state index contributed by atoms with van der Waals surface area (Å²) >= 11 is 5.81. The van der Waals surface area contributed by atoms with E-state index in [-0.39, 0.29) is 23.8 Å². The molecule has 1 saturated heterocycles. The Morgan fingerprint density at radius 1 is 1.34 bits per heavy atom. The number of aliphatic carboxylic acids is 1. The Morgan fingerprint density at radius 2 is 1.90 bits per heavy atom. The van der Waals surface area contributed by atoms with Crippen molar-refractivity contribution < 1.29 is 32.7 Å². The van der Waals surface area contributed by atoms with E-state index in [0.717, 1.165) is 5.69 Å². The minimum Gasteiger partial charge on any atom is -0.475 e. The minimum atomic E-state index is -5.08. The van der Waals surface area contributed by atoms with Crippen LogP contribution in [0.15, 0.2) is 31.0 Å². The van der Waals surface area contributed by atoms with Crippen molar-refractivity contribution in [3.63, 3.8) is 0 Å². The number of carboxylic acid groups (broad SMARTS) is 1. The first kappa shape index (κ1) is 24.4. The number of pyridine rings is 1. The first-order chi connectivity index (χ1) is 13.5. The number of rotatable bonds is 4. The van der Waals surface area contributed by atoms with Crippen molar-refractivity contribution in [2.24, 2.45) is 5.92 Å². The van der Waals surface area contributed by atoms with E-state index in [2.05, 4.69) is 16.9 Å². The van der Waals surface area contributed by atoms with Crippen LogP contribution < -0.4 is 5.32 Å². The summed E-state index contributed by atoms with van der Waals surface area (Å²) < 4.78 is 31.7. The van der Waals surface area contributed by atoms with E-state index >= 15 is 0 Å². The molecular weight excluding hydrogens is 415 g/mol. The molecule has 0 aliphatic carbocycles. The van der Waals surface area contributed by atoms with Crippen LogP contribution in [0, 0.1) is 5.92 Å². The van der Waals surface area contributed by atoms with Gasteiger partial charge in [0.15, 0.2) is 0 Å². The van der Waals surface area contributed by atoms with Gasteiger partial charge in [0, 0.05) is 25.2 Å². The lowest BCUT2D eigenvalue weighted by Crippen LogP contribution is -2.43. The number of piperidine rings is 1. The topological polar surface area (TPSA) is 99.6 Å². The van der Waals surface area contributed by atoms with Crippen molar-refractivity contribution in [1.82, 2.24) is 15.2 Å². The van der Waals surface area contributed by atoms with Crippen molar-refractivity contribution in [3.05, 3.63) is 41.7 Å². The quantitative estimate of drug-likeness (QED) is 0.708. The molecule has 7 nitrogen and oxygen atoms in total. The van der Waals surface area contributed by atoms with Crippen LogP contribution in [0.25, 0.3) is 0 Å². The number of carbonyl (C=O) groups excluding carboxylic acids is 2. The summed E-state index contributed by atoms with van der Waals surface area (Å²) in [5.74, 6) is -2.89. The van der Waals surface area contributed by atoms with Crippen molar-refractivity contribution in [2.45, 2.75) is 32.0 Å². The normalized spacial score (nSPS) is 15.6. The van der Waals surface area contributed by atoms with Crippen LogP contribution >= 0.6 is 11.6 Å². The molecule has 2 heterocycles. The van der Waals surface area contributed by atoms with E-state index < -0.39 is 12.1 Å². The van der Waals surface area contributed by atoms with Gasteiger partial charge < -0.3 is 15.3 Å². The first-order valence-corrected chi connectivity index (χ1v) is 8.96. The minimum absolute atomic E-state index is 0.00921. The zero-order chi connectivity index (χ0) is 22.2. The molecule has 0 bridgehead atoms. The largest absolute Gasteiger partial charge is 0.490 e. The molecule has 11 heteroatoms. The fraction of sp³-hybridized carbons (Fsp3) is 0.444. The Balaban J connectivity index is 0.000000516. The average molecular weight is 436 g/mol. The molecular formula is C18H21ClF3N3O4. The van der Waals surface area contributed by atoms with Crippen molar-refractivity contribution >= 4 is 29.4 Å². The number of carbonyl (C=O) groups is 3. The summed E-state index contributed by atoms with van der Waals surface area (Å²) in [5, 5.41) is 10.7. The van der Waals surface area contributed by atoms with Crippen molar-refractivity contribution in [2.75, 3.05) is 13.1 Å². The predicted molar refractivity (Wildman–Crippen MR) is 99.0 cm³/mol. The molecule has 1 aliphatic rings. The first-order valence-electron chi connectivity index (χ1n) is 8.59. The summed E-state index contributed by atoms with van der Waals surface area (Å²) in [6, 6.07) is 3.39. The Hall–Kier alpha value is -2.62. The van der Waals surface area contributed by atoms with Gasteiger partial charge in [-0.15, -0.1) is 0 Å². The maximum atomic E-state index is 12.3. The Bertz CT molecular complexity index is 733. The lowest BCUT2D eigenvalue weighted by atomic mass is 9.95. The third kappa shape index (κ3) is 8.10. The maximum Gasteiger partial charge on any atom is 0.490 e. The van der Waals surface area contributed by atoms with Gasteiger partial charge >= 0.3 is 12.1 Å². The summed E-state index contributed by atoms with van der Waals surface area (Å²) in [4.78, 5) is 38.7. The molecule has 1 atom stereocenters. The molecule has 0 unspecified atom stereocenters. The van der Waals surface area contributed by atoms with Crippen LogP contribution in [-0.4, -0.2) is 52.0 Å². The second kappa shape index (κ2) is 10.8. The van der Waals surface area contributed by atoms with Crippen LogP contribution in [0.1, 0.15) is 31.5 Å². The summed E-state index contributed by atoms with van der Waals surface area (Å²) in [5.41, 5.74) is 0.775. The highest BCUT2D eigenvalue weighted by Crippen LogP contribution is 2.20. The van der Waals surface area contributed by atoms with E-state index in [0.29, 0.717) is 31.0 Å². The van der Waals surface area contributed by atoms with Crippen LogP contribution in [0.2, 0.25) is 5.02 Å². The number of nitrogens with one attached hydrogen (secondary N) is 1. The molecule has 0 aromatic carbocycles. The summed E-state index contributed by atoms with van der Waals surface area (Å²) in [6.07, 6.45) is -0.855. The highest BCUT2D eigenvalue weighted by Gasteiger charge is 2.38. The van der Waals surface area contributed by atoms with Crippen LogP contribution in [0.5, 0.6) is 0 Å². The number of hydrogen-bond donors (Lipinski definition) is 2. The molecule has 1 aliphatic heterocycles. The molecule has 2 rings (SSSR count). The lowest BCUT2D eigenvalue weighted by Gasteiger charge is -2.31. The lowest BCUT2D eigenvalue weighted by molar-refractivity contribution is -0.192. The SMILES string of the molecule is C=CC(=O)N1CCC(C(=O)N[C@H](C)c2ccc(Cl)cn2)CC1.O=C(O)C(F)(F)F. The Kier molecular flexibility index (Phi) is 9.09. The molecule has 1 fully saturated rings. The number of halogens is 4. The van der Waals surface area contributed by atoms with E-state index in [9.17, 15) is 22.8 Å². The van der Waals surface area contributed by atoms with Gasteiger partial charge in [0.05, 0.1) is 16.8 Å². The number of amides is 2. The summed E-state index contributed by atoms with van der Waals surface area (Å²) in [6.45, 7) is 6.56. The Labute approximate surface area is 170 Å². The molecule has 2 N–H and O–H groups in total. The van der Waals surface area contributed by atoms with Gasteiger partial charge in [-0.25, -0.2) is 4.79 Å². The number of nitrogens with zero attached hydrogens (tertiary/aromatic N) is 2. The monoisotopic (exact) mass is 435 g/mol. The highest BCUT2D eigenvalue weighted by atomic mass is 35.5.